The number of aryl methyl sites for hydroxylation is 1. The summed E-state index contributed by atoms with van der Waals surface area (Å²) in [6, 6.07) is 14.0. The monoisotopic (exact) mass is 338 g/mol. The van der Waals surface area contributed by atoms with Gasteiger partial charge < -0.3 is 0 Å². The molecule has 2 aromatic rings. The van der Waals surface area contributed by atoms with Crippen molar-refractivity contribution in [2.45, 2.75) is 17.4 Å². The summed E-state index contributed by atoms with van der Waals surface area (Å²) in [5.41, 5.74) is 1.77. The average Bonchev–Trinajstić information content (AvgIpc) is 2.58. The molecule has 1 atom stereocenters. The van der Waals surface area contributed by atoms with E-state index in [1.54, 1.807) is 18.2 Å². The molecule has 0 aromatic heterocycles. The second kappa shape index (κ2) is 5.89. The van der Waals surface area contributed by atoms with E-state index < -0.39 is 15.7 Å². The van der Waals surface area contributed by atoms with E-state index in [1.807, 2.05) is 37.3 Å². The van der Waals surface area contributed by atoms with Crippen molar-refractivity contribution in [3.8, 4) is 0 Å². The Bertz CT molecular complexity index is 937. The zero-order valence-corrected chi connectivity index (χ0v) is 14.2. The fourth-order valence-electron chi connectivity index (χ4n) is 2.77. The van der Waals surface area contributed by atoms with Crippen LogP contribution in [0.5, 0.6) is 0 Å². The van der Waals surface area contributed by atoms with E-state index in [-0.39, 0.29) is 4.90 Å². The lowest BCUT2D eigenvalue weighted by Crippen LogP contribution is -2.34. The third kappa shape index (κ3) is 2.64. The number of rotatable bonds is 4. The van der Waals surface area contributed by atoms with Crippen LogP contribution in [0.2, 0.25) is 0 Å². The zero-order chi connectivity index (χ0) is 17.4. The lowest BCUT2D eigenvalue weighted by Gasteiger charge is -2.34. The van der Waals surface area contributed by atoms with Crippen molar-refractivity contribution in [3.63, 3.8) is 0 Å². The fraction of sp³-hybridized carbons (Fsp3) is 0.100. The van der Waals surface area contributed by atoms with E-state index in [0.717, 1.165) is 11.1 Å². The second-order valence-corrected chi connectivity index (χ2v) is 7.28. The summed E-state index contributed by atoms with van der Waals surface area (Å²) < 4.78 is 31.3. The maximum atomic E-state index is 12.8. The Kier molecular flexibility index (Phi) is 4.03. The van der Waals surface area contributed by atoms with Crippen molar-refractivity contribution < 1.29 is 12.6 Å². The molecule has 0 heterocycles. The van der Waals surface area contributed by atoms with Crippen LogP contribution in [0.3, 0.4) is 0 Å². The van der Waals surface area contributed by atoms with Gasteiger partial charge in [0.1, 0.15) is 0 Å². The van der Waals surface area contributed by atoms with Crippen molar-refractivity contribution in [2.75, 3.05) is 0 Å². The highest BCUT2D eigenvalue weighted by atomic mass is 32.2. The first-order chi connectivity index (χ1) is 11.4. The third-order valence-electron chi connectivity index (χ3n) is 4.14. The molecule has 1 aliphatic rings. The maximum absolute atomic E-state index is 12.8. The maximum Gasteiger partial charge on any atom is 0.298 e. The molecule has 1 unspecified atom stereocenters. The number of hydrogen-bond donors (Lipinski definition) is 0. The lowest BCUT2D eigenvalue weighted by atomic mass is 9.80. The molecule has 0 radical (unpaired) electrons. The molecule has 0 spiro atoms. The van der Waals surface area contributed by atoms with Gasteiger partial charge in [-0.2, -0.15) is 8.42 Å². The van der Waals surface area contributed by atoms with Gasteiger partial charge in [0.25, 0.3) is 10.1 Å². The van der Waals surface area contributed by atoms with Gasteiger partial charge in [-0.1, -0.05) is 67.3 Å². The van der Waals surface area contributed by atoms with Gasteiger partial charge in [0.05, 0.1) is 4.90 Å². The zero-order valence-electron chi connectivity index (χ0n) is 13.4. The van der Waals surface area contributed by atoms with Crippen LogP contribution in [0.25, 0.3) is 6.08 Å². The van der Waals surface area contributed by atoms with Crippen LogP contribution in [-0.4, -0.2) is 8.42 Å². The van der Waals surface area contributed by atoms with E-state index in [1.165, 1.54) is 18.2 Å². The summed E-state index contributed by atoms with van der Waals surface area (Å²) in [6.07, 6.45) is 5.14. The van der Waals surface area contributed by atoms with Gasteiger partial charge in [-0.05, 0) is 36.3 Å². The molecule has 1 aliphatic carbocycles. The van der Waals surface area contributed by atoms with Crippen LogP contribution in [0.1, 0.15) is 16.7 Å². The first kappa shape index (κ1) is 16.4. The van der Waals surface area contributed by atoms with Gasteiger partial charge in [0.15, 0.2) is 5.60 Å². The summed E-state index contributed by atoms with van der Waals surface area (Å²) >= 11 is 0. The molecule has 0 fully saturated rings. The van der Waals surface area contributed by atoms with E-state index in [2.05, 4.69) is 13.2 Å². The van der Waals surface area contributed by atoms with Crippen LogP contribution in [-0.2, 0) is 19.9 Å². The predicted molar refractivity (Wildman–Crippen MR) is 95.9 cm³/mol. The van der Waals surface area contributed by atoms with Crippen LogP contribution in [0.4, 0.5) is 0 Å². The summed E-state index contributed by atoms with van der Waals surface area (Å²) in [5, 5.41) is 0. The van der Waals surface area contributed by atoms with Crippen LogP contribution in [0.15, 0.2) is 84.3 Å². The molecule has 0 N–H and O–H groups in total. The van der Waals surface area contributed by atoms with Crippen LogP contribution in [0, 0.1) is 6.92 Å². The molecule has 0 saturated heterocycles. The minimum atomic E-state index is -3.99. The van der Waals surface area contributed by atoms with Gasteiger partial charge >= 0.3 is 0 Å². The van der Waals surface area contributed by atoms with Gasteiger partial charge in [-0.25, -0.2) is 4.18 Å². The van der Waals surface area contributed by atoms with Crippen molar-refractivity contribution in [1.82, 2.24) is 0 Å². The standard InChI is InChI=1S/C20H18O3S/c1-4-20(16(3)11-12-17-7-5-6-8-19(17)20)23-24(21,22)18-13-9-15(2)10-14-18/h4-14H,1,3H2,2H3. The fourth-order valence-corrected chi connectivity index (χ4v) is 3.94. The van der Waals surface area contributed by atoms with E-state index >= 15 is 0 Å². The van der Waals surface area contributed by atoms with Crippen LogP contribution < -0.4 is 0 Å². The highest BCUT2D eigenvalue weighted by Gasteiger charge is 2.41. The highest BCUT2D eigenvalue weighted by molar-refractivity contribution is 7.86. The SMILES string of the molecule is C=CC1(OS(=O)(=O)c2ccc(C)cc2)C(=C)C=Cc2ccccc21. The molecular formula is C20H18O3S. The molecule has 3 nitrogen and oxygen atoms in total. The topological polar surface area (TPSA) is 43.4 Å². The lowest BCUT2D eigenvalue weighted by molar-refractivity contribution is 0.172. The van der Waals surface area contributed by atoms with Gasteiger partial charge in [-0.3, -0.25) is 0 Å². The molecule has 0 saturated carbocycles. The van der Waals surface area contributed by atoms with Crippen LogP contribution >= 0.6 is 0 Å². The number of fused-ring (bicyclic) bond motifs is 1. The first-order valence-electron chi connectivity index (χ1n) is 7.52. The highest BCUT2D eigenvalue weighted by Crippen LogP contribution is 2.42. The average molecular weight is 338 g/mol. The Labute approximate surface area is 142 Å². The molecule has 2 aromatic carbocycles. The van der Waals surface area contributed by atoms with E-state index in [4.69, 9.17) is 4.18 Å². The molecular weight excluding hydrogens is 320 g/mol. The largest absolute Gasteiger partial charge is 0.298 e. The van der Waals surface area contributed by atoms with Crippen molar-refractivity contribution in [1.29, 1.82) is 0 Å². The van der Waals surface area contributed by atoms with E-state index in [0.29, 0.717) is 11.1 Å². The quantitative estimate of drug-likeness (QED) is 0.614. The predicted octanol–water partition coefficient (Wildman–Crippen LogP) is 4.36. The Morgan fingerprint density at radius 1 is 1.04 bits per heavy atom. The molecule has 3 rings (SSSR count). The smallest absolute Gasteiger partial charge is 0.246 e. The minimum absolute atomic E-state index is 0.106. The molecule has 4 heteroatoms. The van der Waals surface area contributed by atoms with Crippen molar-refractivity contribution in [2.24, 2.45) is 0 Å². The molecule has 0 bridgehead atoms. The first-order valence-corrected chi connectivity index (χ1v) is 8.93. The second-order valence-electron chi connectivity index (χ2n) is 5.74. The number of benzene rings is 2. The Morgan fingerprint density at radius 3 is 2.38 bits per heavy atom. The van der Waals surface area contributed by atoms with E-state index in [9.17, 15) is 8.42 Å². The van der Waals surface area contributed by atoms with Gasteiger partial charge in [0, 0.05) is 5.56 Å². The molecule has 122 valence electrons. The summed E-state index contributed by atoms with van der Waals surface area (Å²) in [7, 11) is -3.99. The molecule has 0 amide bonds. The minimum Gasteiger partial charge on any atom is -0.246 e. The van der Waals surface area contributed by atoms with Crippen molar-refractivity contribution >= 4 is 16.2 Å². The Balaban J connectivity index is 2.12. The van der Waals surface area contributed by atoms with Gasteiger partial charge in [-0.15, -0.1) is 0 Å². The summed E-state index contributed by atoms with van der Waals surface area (Å²) in [4.78, 5) is 0.106. The molecule has 0 aliphatic heterocycles. The Hall–Kier alpha value is -2.43. The number of hydrogen-bond acceptors (Lipinski definition) is 3. The van der Waals surface area contributed by atoms with Gasteiger partial charge in [0.2, 0.25) is 0 Å². The Morgan fingerprint density at radius 2 is 1.71 bits per heavy atom. The van der Waals surface area contributed by atoms with Crippen molar-refractivity contribution in [3.05, 3.63) is 96.1 Å². The molecule has 24 heavy (non-hydrogen) atoms. The normalized spacial score (nSPS) is 19.8. The summed E-state index contributed by atoms with van der Waals surface area (Å²) in [5.74, 6) is 0. The third-order valence-corrected chi connectivity index (χ3v) is 5.47. The summed E-state index contributed by atoms with van der Waals surface area (Å²) in [6.45, 7) is 9.69.